The minimum Gasteiger partial charge on any atom is -0.462 e. The smallest absolute Gasteiger partial charge is 0.306 e. The molecule has 6 heteroatoms. The summed E-state index contributed by atoms with van der Waals surface area (Å²) in [7, 11) is 0. The van der Waals surface area contributed by atoms with Crippen LogP contribution in [0.3, 0.4) is 0 Å². The lowest BCUT2D eigenvalue weighted by Crippen LogP contribution is -2.30. The second-order valence-electron chi connectivity index (χ2n) is 18.4. The summed E-state index contributed by atoms with van der Waals surface area (Å²) in [5.74, 6) is 0.808. The third kappa shape index (κ3) is 45.3. The van der Waals surface area contributed by atoms with Crippen LogP contribution in [0.2, 0.25) is 0 Å². The zero-order valence-electron chi connectivity index (χ0n) is 39.0. The lowest BCUT2D eigenvalue weighted by atomic mass is 10.0. The maximum absolute atomic E-state index is 12.8. The van der Waals surface area contributed by atoms with E-state index in [0.717, 1.165) is 69.6 Å². The first-order valence-corrected chi connectivity index (χ1v) is 25.2. The van der Waals surface area contributed by atoms with E-state index in [1.807, 2.05) is 0 Å². The molecule has 0 saturated carbocycles. The Morgan fingerprint density at radius 2 is 0.579 bits per heavy atom. The second kappa shape index (κ2) is 44.0. The van der Waals surface area contributed by atoms with Crippen LogP contribution < -0.4 is 0 Å². The van der Waals surface area contributed by atoms with E-state index in [2.05, 4.69) is 34.6 Å². The first kappa shape index (κ1) is 55.4. The summed E-state index contributed by atoms with van der Waals surface area (Å²) in [6.07, 6.45) is 43.7. The predicted molar refractivity (Wildman–Crippen MR) is 243 cm³/mol. The first-order chi connectivity index (χ1) is 27.7. The molecule has 6 nitrogen and oxygen atoms in total. The molecule has 1 atom stereocenters. The normalized spacial score (nSPS) is 12.1. The molecule has 0 aromatic carbocycles. The van der Waals surface area contributed by atoms with Gasteiger partial charge in [-0.05, 0) is 31.1 Å². The zero-order chi connectivity index (χ0) is 41.9. The largest absolute Gasteiger partial charge is 0.462 e. The van der Waals surface area contributed by atoms with Crippen LogP contribution in [0.1, 0.15) is 279 Å². The molecule has 0 rings (SSSR count). The molecule has 0 aliphatic heterocycles. The highest BCUT2D eigenvalue weighted by molar-refractivity contribution is 5.71. The van der Waals surface area contributed by atoms with Crippen LogP contribution >= 0.6 is 0 Å². The molecule has 0 aliphatic carbocycles. The SMILES string of the molecule is CCCCCCCCCCCCC(=O)OC[C@@H](COC(=O)CCCCCCCCCCCCCCC(C)C)OC(=O)CCCCCCCCCCCCCC(C)C. The first-order valence-electron chi connectivity index (χ1n) is 25.2. The van der Waals surface area contributed by atoms with E-state index in [-0.39, 0.29) is 31.1 Å². The van der Waals surface area contributed by atoms with Crippen molar-refractivity contribution in [2.75, 3.05) is 13.2 Å². The van der Waals surface area contributed by atoms with Gasteiger partial charge in [-0.3, -0.25) is 14.4 Å². The zero-order valence-corrected chi connectivity index (χ0v) is 39.0. The molecule has 0 radical (unpaired) electrons. The topological polar surface area (TPSA) is 78.9 Å². The number of hydrogen-bond acceptors (Lipinski definition) is 6. The molecule has 0 aliphatic rings. The van der Waals surface area contributed by atoms with Crippen molar-refractivity contribution in [2.24, 2.45) is 11.8 Å². The van der Waals surface area contributed by atoms with Crippen LogP contribution in [-0.2, 0) is 28.6 Å². The van der Waals surface area contributed by atoms with Gasteiger partial charge in [0.2, 0.25) is 0 Å². The molecule has 0 saturated heterocycles. The Morgan fingerprint density at radius 1 is 0.333 bits per heavy atom. The van der Waals surface area contributed by atoms with Gasteiger partial charge in [0.25, 0.3) is 0 Å². The average molecular weight is 807 g/mol. The summed E-state index contributed by atoms with van der Waals surface area (Å²) in [5.41, 5.74) is 0. The summed E-state index contributed by atoms with van der Waals surface area (Å²) >= 11 is 0. The van der Waals surface area contributed by atoms with E-state index >= 15 is 0 Å². The summed E-state index contributed by atoms with van der Waals surface area (Å²) in [6.45, 7) is 11.4. The molecule has 0 heterocycles. The van der Waals surface area contributed by atoms with E-state index in [9.17, 15) is 14.4 Å². The van der Waals surface area contributed by atoms with Gasteiger partial charge in [0.15, 0.2) is 6.10 Å². The molecule has 0 aromatic heterocycles. The molecule has 0 bridgehead atoms. The quantitative estimate of drug-likeness (QED) is 0.0346. The van der Waals surface area contributed by atoms with Gasteiger partial charge in [-0.1, -0.05) is 240 Å². The Labute approximate surface area is 355 Å². The van der Waals surface area contributed by atoms with Gasteiger partial charge in [-0.25, -0.2) is 0 Å². The fourth-order valence-corrected chi connectivity index (χ4v) is 7.64. The highest BCUT2D eigenvalue weighted by Gasteiger charge is 2.19. The number of carbonyl (C=O) groups excluding carboxylic acids is 3. The van der Waals surface area contributed by atoms with Crippen LogP contribution in [0.25, 0.3) is 0 Å². The van der Waals surface area contributed by atoms with E-state index in [1.54, 1.807) is 0 Å². The van der Waals surface area contributed by atoms with Gasteiger partial charge in [0, 0.05) is 19.3 Å². The maximum Gasteiger partial charge on any atom is 0.306 e. The van der Waals surface area contributed by atoms with Crippen LogP contribution in [0, 0.1) is 11.8 Å². The Bertz CT molecular complexity index is 870. The average Bonchev–Trinajstić information content (AvgIpc) is 3.18. The standard InChI is InChI=1S/C51H98O6/c1-6-7-8-9-10-11-21-26-31-36-41-49(52)55-44-48(57-51(54)43-38-33-28-23-18-14-16-20-25-30-35-40-47(4)5)45-56-50(53)42-37-32-27-22-17-13-12-15-19-24-29-34-39-46(2)3/h46-48H,6-45H2,1-5H3/t48-/m0/s1. The van der Waals surface area contributed by atoms with Crippen molar-refractivity contribution < 1.29 is 28.6 Å². The van der Waals surface area contributed by atoms with Crippen molar-refractivity contribution in [3.8, 4) is 0 Å². The molecule has 57 heavy (non-hydrogen) atoms. The van der Waals surface area contributed by atoms with Gasteiger partial charge in [0.05, 0.1) is 0 Å². The Morgan fingerprint density at radius 3 is 0.860 bits per heavy atom. The summed E-state index contributed by atoms with van der Waals surface area (Å²) in [4.78, 5) is 37.9. The molecule has 0 aromatic rings. The van der Waals surface area contributed by atoms with Crippen molar-refractivity contribution in [3.05, 3.63) is 0 Å². The molecule has 0 fully saturated rings. The van der Waals surface area contributed by atoms with Crippen LogP contribution in [-0.4, -0.2) is 37.2 Å². The van der Waals surface area contributed by atoms with Crippen molar-refractivity contribution in [2.45, 2.75) is 285 Å². The van der Waals surface area contributed by atoms with E-state index in [0.29, 0.717) is 19.3 Å². The van der Waals surface area contributed by atoms with Gasteiger partial charge < -0.3 is 14.2 Å². The van der Waals surface area contributed by atoms with Gasteiger partial charge in [-0.15, -0.1) is 0 Å². The summed E-state index contributed by atoms with van der Waals surface area (Å²) in [5, 5.41) is 0. The lowest BCUT2D eigenvalue weighted by molar-refractivity contribution is -0.167. The van der Waals surface area contributed by atoms with Crippen molar-refractivity contribution in [3.63, 3.8) is 0 Å². The number of esters is 3. The third-order valence-electron chi connectivity index (χ3n) is 11.5. The van der Waals surface area contributed by atoms with Gasteiger partial charge in [0.1, 0.15) is 13.2 Å². The van der Waals surface area contributed by atoms with Crippen molar-refractivity contribution >= 4 is 17.9 Å². The van der Waals surface area contributed by atoms with E-state index in [1.165, 1.54) is 167 Å². The van der Waals surface area contributed by atoms with E-state index < -0.39 is 6.10 Å². The molecule has 338 valence electrons. The maximum atomic E-state index is 12.8. The number of rotatable bonds is 45. The molecule has 0 spiro atoms. The lowest BCUT2D eigenvalue weighted by Gasteiger charge is -2.18. The van der Waals surface area contributed by atoms with Gasteiger partial charge in [-0.2, -0.15) is 0 Å². The molecule has 0 amide bonds. The molecule has 0 N–H and O–H groups in total. The Hall–Kier alpha value is -1.59. The number of ether oxygens (including phenoxy) is 3. The number of unbranched alkanes of at least 4 members (excludes halogenated alkanes) is 30. The minimum atomic E-state index is -0.761. The van der Waals surface area contributed by atoms with Crippen molar-refractivity contribution in [1.82, 2.24) is 0 Å². The monoisotopic (exact) mass is 807 g/mol. The second-order valence-corrected chi connectivity index (χ2v) is 18.4. The fraction of sp³-hybridized carbons (Fsp3) is 0.941. The Kier molecular flexibility index (Phi) is 42.7. The molecular weight excluding hydrogens is 709 g/mol. The number of hydrogen-bond donors (Lipinski definition) is 0. The minimum absolute atomic E-state index is 0.0639. The van der Waals surface area contributed by atoms with Crippen LogP contribution in [0.4, 0.5) is 0 Å². The summed E-state index contributed by atoms with van der Waals surface area (Å²) in [6, 6.07) is 0. The van der Waals surface area contributed by atoms with E-state index in [4.69, 9.17) is 14.2 Å². The molecule has 0 unspecified atom stereocenters. The highest BCUT2D eigenvalue weighted by Crippen LogP contribution is 2.17. The number of carbonyl (C=O) groups is 3. The third-order valence-corrected chi connectivity index (χ3v) is 11.5. The van der Waals surface area contributed by atoms with Crippen LogP contribution in [0.15, 0.2) is 0 Å². The Balaban J connectivity index is 4.30. The molecular formula is C51H98O6. The van der Waals surface area contributed by atoms with Gasteiger partial charge >= 0.3 is 17.9 Å². The highest BCUT2D eigenvalue weighted by atomic mass is 16.6. The summed E-state index contributed by atoms with van der Waals surface area (Å²) < 4.78 is 16.8. The van der Waals surface area contributed by atoms with Crippen LogP contribution in [0.5, 0.6) is 0 Å². The van der Waals surface area contributed by atoms with Crippen molar-refractivity contribution in [1.29, 1.82) is 0 Å². The fourth-order valence-electron chi connectivity index (χ4n) is 7.64. The predicted octanol–water partition coefficient (Wildman–Crippen LogP) is 16.1.